The third-order valence-electron chi connectivity index (χ3n) is 3.45. The molecule has 1 aliphatic carbocycles. The molecule has 0 spiro atoms. The quantitative estimate of drug-likeness (QED) is 0.850. The molecule has 0 amide bonds. The SMILES string of the molecule is Cc1ccc(C(=O)OC2CCCCC2)c(C(=O)O)c1. The maximum atomic E-state index is 12.1. The Bertz CT molecular complexity index is 487. The lowest BCUT2D eigenvalue weighted by Crippen LogP contribution is -2.22. The summed E-state index contributed by atoms with van der Waals surface area (Å²) in [7, 11) is 0. The minimum Gasteiger partial charge on any atom is -0.478 e. The average molecular weight is 262 g/mol. The van der Waals surface area contributed by atoms with Crippen LogP contribution in [0.5, 0.6) is 0 Å². The fraction of sp³-hybridized carbons (Fsp3) is 0.467. The van der Waals surface area contributed by atoms with Crippen LogP contribution in [0.15, 0.2) is 18.2 Å². The monoisotopic (exact) mass is 262 g/mol. The first-order chi connectivity index (χ1) is 9.08. The molecule has 0 bridgehead atoms. The molecular formula is C15H18O4. The highest BCUT2D eigenvalue weighted by Crippen LogP contribution is 2.22. The van der Waals surface area contributed by atoms with Crippen molar-refractivity contribution < 1.29 is 19.4 Å². The molecular weight excluding hydrogens is 244 g/mol. The number of aromatic carboxylic acids is 1. The molecule has 0 aliphatic heterocycles. The lowest BCUT2D eigenvalue weighted by Gasteiger charge is -2.22. The van der Waals surface area contributed by atoms with Crippen LogP contribution in [0.4, 0.5) is 0 Å². The predicted molar refractivity (Wildman–Crippen MR) is 70.4 cm³/mol. The van der Waals surface area contributed by atoms with Crippen LogP contribution >= 0.6 is 0 Å². The molecule has 4 heteroatoms. The minimum atomic E-state index is -1.10. The van der Waals surface area contributed by atoms with Gasteiger partial charge in [-0.3, -0.25) is 0 Å². The second kappa shape index (κ2) is 5.87. The predicted octanol–water partition coefficient (Wildman–Crippen LogP) is 3.18. The van der Waals surface area contributed by atoms with Crippen molar-refractivity contribution in [2.75, 3.05) is 0 Å². The van der Waals surface area contributed by atoms with Gasteiger partial charge in [0, 0.05) is 0 Å². The number of aryl methyl sites for hydroxylation is 1. The van der Waals surface area contributed by atoms with Crippen molar-refractivity contribution >= 4 is 11.9 Å². The van der Waals surface area contributed by atoms with Gasteiger partial charge in [0.25, 0.3) is 0 Å². The summed E-state index contributed by atoms with van der Waals surface area (Å²) in [5.41, 5.74) is 0.969. The second-order valence-electron chi connectivity index (χ2n) is 5.02. The molecule has 0 heterocycles. The first-order valence-corrected chi connectivity index (χ1v) is 6.63. The molecule has 4 nitrogen and oxygen atoms in total. The zero-order valence-corrected chi connectivity index (χ0v) is 11.0. The molecule has 0 atom stereocenters. The van der Waals surface area contributed by atoms with Gasteiger partial charge in [-0.2, -0.15) is 0 Å². The Labute approximate surface area is 112 Å². The van der Waals surface area contributed by atoms with Gasteiger partial charge < -0.3 is 9.84 Å². The lowest BCUT2D eigenvalue weighted by molar-refractivity contribution is 0.0207. The highest BCUT2D eigenvalue weighted by Gasteiger charge is 2.22. The Morgan fingerprint density at radius 1 is 1.16 bits per heavy atom. The third-order valence-corrected chi connectivity index (χ3v) is 3.45. The summed E-state index contributed by atoms with van der Waals surface area (Å²) in [6.07, 6.45) is 5.00. The van der Waals surface area contributed by atoms with Crippen LogP contribution in [0.3, 0.4) is 0 Å². The number of carboxylic acid groups (broad SMARTS) is 1. The average Bonchev–Trinajstić information content (AvgIpc) is 2.39. The number of rotatable bonds is 3. The normalized spacial score (nSPS) is 16.1. The first-order valence-electron chi connectivity index (χ1n) is 6.63. The van der Waals surface area contributed by atoms with Crippen molar-refractivity contribution in [3.63, 3.8) is 0 Å². The van der Waals surface area contributed by atoms with Crippen molar-refractivity contribution in [3.05, 3.63) is 34.9 Å². The van der Waals surface area contributed by atoms with Gasteiger partial charge in [-0.1, -0.05) is 18.1 Å². The molecule has 0 saturated heterocycles. The molecule has 0 radical (unpaired) electrons. The van der Waals surface area contributed by atoms with E-state index >= 15 is 0 Å². The van der Waals surface area contributed by atoms with Gasteiger partial charge in [-0.05, 0) is 44.7 Å². The Kier molecular flexibility index (Phi) is 4.20. The van der Waals surface area contributed by atoms with Crippen molar-refractivity contribution in [2.45, 2.75) is 45.1 Å². The maximum Gasteiger partial charge on any atom is 0.339 e. The van der Waals surface area contributed by atoms with Crippen LogP contribution in [0, 0.1) is 6.92 Å². The molecule has 1 aromatic carbocycles. The van der Waals surface area contributed by atoms with Crippen LogP contribution < -0.4 is 0 Å². The van der Waals surface area contributed by atoms with Crippen molar-refractivity contribution in [2.24, 2.45) is 0 Å². The van der Waals surface area contributed by atoms with Crippen molar-refractivity contribution in [1.82, 2.24) is 0 Å². The van der Waals surface area contributed by atoms with E-state index in [0.717, 1.165) is 31.2 Å². The summed E-state index contributed by atoms with van der Waals surface area (Å²) in [5, 5.41) is 9.14. The van der Waals surface area contributed by atoms with E-state index in [9.17, 15) is 9.59 Å². The number of hydrogen-bond acceptors (Lipinski definition) is 3. The molecule has 102 valence electrons. The number of carboxylic acids is 1. The Balaban J connectivity index is 2.16. The largest absolute Gasteiger partial charge is 0.478 e. The summed E-state index contributed by atoms with van der Waals surface area (Å²) in [5.74, 6) is -1.62. The van der Waals surface area contributed by atoms with Crippen LogP contribution in [-0.4, -0.2) is 23.1 Å². The number of carbonyl (C=O) groups excluding carboxylic acids is 1. The van der Waals surface area contributed by atoms with E-state index in [0.29, 0.717) is 0 Å². The van der Waals surface area contributed by atoms with E-state index in [1.54, 1.807) is 13.0 Å². The highest BCUT2D eigenvalue weighted by atomic mass is 16.5. The molecule has 1 fully saturated rings. The zero-order chi connectivity index (χ0) is 13.8. The fourth-order valence-corrected chi connectivity index (χ4v) is 2.41. The van der Waals surface area contributed by atoms with Gasteiger partial charge in [-0.25, -0.2) is 9.59 Å². The smallest absolute Gasteiger partial charge is 0.339 e. The molecule has 0 unspecified atom stereocenters. The van der Waals surface area contributed by atoms with E-state index in [2.05, 4.69) is 0 Å². The van der Waals surface area contributed by atoms with E-state index in [1.807, 2.05) is 0 Å². The van der Waals surface area contributed by atoms with Gasteiger partial charge >= 0.3 is 11.9 Å². The Morgan fingerprint density at radius 2 is 1.84 bits per heavy atom. The number of esters is 1. The molecule has 0 aromatic heterocycles. The standard InChI is InChI=1S/C15H18O4/c1-10-7-8-12(13(9-10)14(16)17)15(18)19-11-5-3-2-4-6-11/h7-9,11H,2-6H2,1H3,(H,16,17). The third kappa shape index (κ3) is 3.34. The summed E-state index contributed by atoms with van der Waals surface area (Å²) in [6.45, 7) is 1.79. The van der Waals surface area contributed by atoms with Gasteiger partial charge in [-0.15, -0.1) is 0 Å². The van der Waals surface area contributed by atoms with Crippen LogP contribution in [0.2, 0.25) is 0 Å². The second-order valence-corrected chi connectivity index (χ2v) is 5.02. The van der Waals surface area contributed by atoms with Crippen molar-refractivity contribution in [1.29, 1.82) is 0 Å². The summed E-state index contributed by atoms with van der Waals surface area (Å²) in [4.78, 5) is 23.2. The first kappa shape index (κ1) is 13.6. The number of benzene rings is 1. The van der Waals surface area contributed by atoms with Gasteiger partial charge in [0.1, 0.15) is 6.10 Å². The molecule has 1 aromatic rings. The summed E-state index contributed by atoms with van der Waals surface area (Å²) < 4.78 is 5.41. The van der Waals surface area contributed by atoms with Gasteiger partial charge in [0.15, 0.2) is 0 Å². The minimum absolute atomic E-state index is 0.0146. The summed E-state index contributed by atoms with van der Waals surface area (Å²) >= 11 is 0. The topological polar surface area (TPSA) is 63.6 Å². The van der Waals surface area contributed by atoms with Crippen LogP contribution in [0.1, 0.15) is 58.4 Å². The van der Waals surface area contributed by atoms with Gasteiger partial charge in [0.05, 0.1) is 11.1 Å². The van der Waals surface area contributed by atoms with E-state index < -0.39 is 11.9 Å². The summed E-state index contributed by atoms with van der Waals surface area (Å²) in [6, 6.07) is 4.76. The zero-order valence-electron chi connectivity index (χ0n) is 11.0. The molecule has 1 N–H and O–H groups in total. The molecule has 1 aliphatic rings. The van der Waals surface area contributed by atoms with E-state index in [-0.39, 0.29) is 17.2 Å². The number of carbonyl (C=O) groups is 2. The maximum absolute atomic E-state index is 12.1. The van der Waals surface area contributed by atoms with Crippen LogP contribution in [-0.2, 0) is 4.74 Å². The molecule has 19 heavy (non-hydrogen) atoms. The molecule has 1 saturated carbocycles. The van der Waals surface area contributed by atoms with Gasteiger partial charge in [0.2, 0.25) is 0 Å². The van der Waals surface area contributed by atoms with E-state index in [1.165, 1.54) is 18.6 Å². The number of ether oxygens (including phenoxy) is 1. The fourth-order valence-electron chi connectivity index (χ4n) is 2.41. The highest BCUT2D eigenvalue weighted by molar-refractivity contribution is 6.02. The Hall–Kier alpha value is -1.84. The number of hydrogen-bond donors (Lipinski definition) is 1. The van der Waals surface area contributed by atoms with Crippen LogP contribution in [0.25, 0.3) is 0 Å². The van der Waals surface area contributed by atoms with Crippen molar-refractivity contribution in [3.8, 4) is 0 Å². The van der Waals surface area contributed by atoms with E-state index in [4.69, 9.17) is 9.84 Å². The molecule has 2 rings (SSSR count). The Morgan fingerprint density at radius 3 is 2.47 bits per heavy atom. The lowest BCUT2D eigenvalue weighted by atomic mass is 9.97.